The molecule has 1 N–H and O–H groups in total. The van der Waals surface area contributed by atoms with Crippen molar-refractivity contribution in [3.05, 3.63) is 18.0 Å². The van der Waals surface area contributed by atoms with E-state index in [0.29, 0.717) is 12.5 Å². The van der Waals surface area contributed by atoms with Gasteiger partial charge in [-0.25, -0.2) is 4.39 Å². The number of alkyl halides is 1. The van der Waals surface area contributed by atoms with E-state index in [9.17, 15) is 4.39 Å². The standard InChI is InChI=1S/C10H18FN3.ClH/c1-9(2)7-12-8-10-3-5-14(13-10)6-4-11;/h3,5,9,12H,4,6-8H2,1-2H3;1H. The summed E-state index contributed by atoms with van der Waals surface area (Å²) in [7, 11) is 0. The molecule has 1 aromatic heterocycles. The predicted octanol–water partition coefficient (Wildman–Crippen LogP) is 2.02. The van der Waals surface area contributed by atoms with Gasteiger partial charge in [0.2, 0.25) is 0 Å². The van der Waals surface area contributed by atoms with E-state index in [1.54, 1.807) is 4.68 Å². The zero-order valence-electron chi connectivity index (χ0n) is 9.24. The highest BCUT2D eigenvalue weighted by molar-refractivity contribution is 5.85. The number of halogens is 2. The number of aryl methyl sites for hydroxylation is 1. The number of rotatable bonds is 6. The van der Waals surface area contributed by atoms with Crippen molar-refractivity contribution in [2.45, 2.75) is 26.9 Å². The summed E-state index contributed by atoms with van der Waals surface area (Å²) in [6, 6.07) is 1.92. The number of aromatic nitrogens is 2. The highest BCUT2D eigenvalue weighted by Crippen LogP contribution is 1.96. The molecule has 0 aliphatic carbocycles. The van der Waals surface area contributed by atoms with Gasteiger partial charge in [-0.05, 0) is 18.5 Å². The highest BCUT2D eigenvalue weighted by atomic mass is 35.5. The van der Waals surface area contributed by atoms with Crippen molar-refractivity contribution in [1.29, 1.82) is 0 Å². The predicted molar refractivity (Wildman–Crippen MR) is 62.0 cm³/mol. The average molecular weight is 236 g/mol. The van der Waals surface area contributed by atoms with Crippen LogP contribution in [0.25, 0.3) is 0 Å². The van der Waals surface area contributed by atoms with E-state index >= 15 is 0 Å². The van der Waals surface area contributed by atoms with Gasteiger partial charge < -0.3 is 5.32 Å². The molecule has 0 bridgehead atoms. The topological polar surface area (TPSA) is 29.9 Å². The van der Waals surface area contributed by atoms with Crippen LogP contribution in [0.5, 0.6) is 0 Å². The van der Waals surface area contributed by atoms with Crippen molar-refractivity contribution >= 4 is 12.4 Å². The minimum Gasteiger partial charge on any atom is -0.311 e. The van der Waals surface area contributed by atoms with Crippen LogP contribution >= 0.6 is 12.4 Å². The highest BCUT2D eigenvalue weighted by Gasteiger charge is 1.99. The molecular weight excluding hydrogens is 217 g/mol. The Bertz CT molecular complexity index is 263. The first-order chi connectivity index (χ1) is 6.72. The SMILES string of the molecule is CC(C)CNCc1ccn(CCF)n1.Cl. The van der Waals surface area contributed by atoms with E-state index in [0.717, 1.165) is 18.8 Å². The minimum atomic E-state index is -0.361. The Morgan fingerprint density at radius 2 is 2.27 bits per heavy atom. The molecule has 15 heavy (non-hydrogen) atoms. The summed E-state index contributed by atoms with van der Waals surface area (Å²) in [5.41, 5.74) is 0.971. The fourth-order valence-corrected chi connectivity index (χ4v) is 1.20. The first kappa shape index (κ1) is 14.4. The lowest BCUT2D eigenvalue weighted by molar-refractivity contribution is 0.424. The molecule has 0 aliphatic rings. The van der Waals surface area contributed by atoms with Crippen molar-refractivity contribution in [3.63, 3.8) is 0 Å². The van der Waals surface area contributed by atoms with Crippen molar-refractivity contribution in [2.75, 3.05) is 13.2 Å². The first-order valence-electron chi connectivity index (χ1n) is 5.01. The molecule has 0 aromatic carbocycles. The lowest BCUT2D eigenvalue weighted by Crippen LogP contribution is -2.19. The maximum absolute atomic E-state index is 12.0. The molecule has 0 saturated carbocycles. The summed E-state index contributed by atoms with van der Waals surface area (Å²) in [5.74, 6) is 0.642. The zero-order valence-corrected chi connectivity index (χ0v) is 10.1. The molecule has 0 fully saturated rings. The molecule has 0 unspecified atom stereocenters. The number of hydrogen-bond donors (Lipinski definition) is 1. The van der Waals surface area contributed by atoms with Crippen molar-refractivity contribution < 1.29 is 4.39 Å². The van der Waals surface area contributed by atoms with Gasteiger partial charge in [0.25, 0.3) is 0 Å². The molecular formula is C10H19ClFN3. The maximum Gasteiger partial charge on any atom is 0.109 e. The van der Waals surface area contributed by atoms with Crippen LogP contribution < -0.4 is 5.32 Å². The normalized spacial score (nSPS) is 10.4. The first-order valence-corrected chi connectivity index (χ1v) is 5.01. The summed E-state index contributed by atoms with van der Waals surface area (Å²) in [6.45, 7) is 6.06. The van der Waals surface area contributed by atoms with E-state index in [4.69, 9.17) is 0 Å². The molecule has 1 heterocycles. The Balaban J connectivity index is 0.00000196. The molecule has 3 nitrogen and oxygen atoms in total. The minimum absolute atomic E-state index is 0. The van der Waals surface area contributed by atoms with Crippen LogP contribution in [-0.4, -0.2) is 23.0 Å². The van der Waals surface area contributed by atoms with E-state index in [1.807, 2.05) is 12.3 Å². The van der Waals surface area contributed by atoms with Crippen molar-refractivity contribution in [1.82, 2.24) is 15.1 Å². The van der Waals surface area contributed by atoms with Gasteiger partial charge in [-0.2, -0.15) is 5.10 Å². The third kappa shape index (κ3) is 5.74. The Kier molecular flexibility index (Phi) is 7.34. The Morgan fingerprint density at radius 1 is 1.53 bits per heavy atom. The van der Waals surface area contributed by atoms with Crippen LogP contribution in [0.4, 0.5) is 4.39 Å². The molecule has 0 spiro atoms. The largest absolute Gasteiger partial charge is 0.311 e. The van der Waals surface area contributed by atoms with Crippen molar-refractivity contribution in [2.24, 2.45) is 5.92 Å². The second-order valence-electron chi connectivity index (χ2n) is 3.78. The van der Waals surface area contributed by atoms with Gasteiger partial charge >= 0.3 is 0 Å². The summed E-state index contributed by atoms with van der Waals surface area (Å²) in [6.07, 6.45) is 1.81. The molecule has 0 atom stereocenters. The lowest BCUT2D eigenvalue weighted by atomic mass is 10.2. The summed E-state index contributed by atoms with van der Waals surface area (Å²) < 4.78 is 13.6. The van der Waals surface area contributed by atoms with E-state index in [1.165, 1.54) is 0 Å². The van der Waals surface area contributed by atoms with E-state index in [-0.39, 0.29) is 19.1 Å². The Morgan fingerprint density at radius 3 is 2.87 bits per heavy atom. The number of hydrogen-bond acceptors (Lipinski definition) is 2. The molecule has 0 radical (unpaired) electrons. The van der Waals surface area contributed by atoms with E-state index < -0.39 is 0 Å². The zero-order chi connectivity index (χ0) is 10.4. The number of nitrogens with one attached hydrogen (secondary N) is 1. The summed E-state index contributed by atoms with van der Waals surface area (Å²) in [5, 5.41) is 7.50. The second-order valence-corrected chi connectivity index (χ2v) is 3.78. The summed E-state index contributed by atoms with van der Waals surface area (Å²) >= 11 is 0. The van der Waals surface area contributed by atoms with Gasteiger partial charge in [-0.15, -0.1) is 12.4 Å². The van der Waals surface area contributed by atoms with Gasteiger partial charge in [-0.3, -0.25) is 4.68 Å². The van der Waals surface area contributed by atoms with Crippen LogP contribution in [0.2, 0.25) is 0 Å². The van der Waals surface area contributed by atoms with Crippen LogP contribution in [0, 0.1) is 5.92 Å². The third-order valence-corrected chi connectivity index (χ3v) is 1.87. The molecule has 88 valence electrons. The molecule has 0 saturated heterocycles. The van der Waals surface area contributed by atoms with Crippen LogP contribution in [0.1, 0.15) is 19.5 Å². The molecule has 0 aliphatic heterocycles. The Hall–Kier alpha value is -0.610. The summed E-state index contributed by atoms with van der Waals surface area (Å²) in [4.78, 5) is 0. The fourth-order valence-electron chi connectivity index (χ4n) is 1.20. The quantitative estimate of drug-likeness (QED) is 0.818. The van der Waals surface area contributed by atoms with Crippen LogP contribution in [0.15, 0.2) is 12.3 Å². The number of nitrogens with zero attached hydrogens (tertiary/aromatic N) is 2. The van der Waals surface area contributed by atoms with Gasteiger partial charge in [-0.1, -0.05) is 13.8 Å². The maximum atomic E-state index is 12.0. The molecule has 1 aromatic rings. The molecule has 1 rings (SSSR count). The third-order valence-electron chi connectivity index (χ3n) is 1.87. The fraction of sp³-hybridized carbons (Fsp3) is 0.700. The average Bonchev–Trinajstić information content (AvgIpc) is 2.53. The van der Waals surface area contributed by atoms with Gasteiger partial charge in [0.15, 0.2) is 0 Å². The Labute approximate surface area is 96.5 Å². The monoisotopic (exact) mass is 235 g/mol. The van der Waals surface area contributed by atoms with Gasteiger partial charge in [0.05, 0.1) is 12.2 Å². The van der Waals surface area contributed by atoms with Gasteiger partial charge in [0, 0.05) is 12.7 Å². The smallest absolute Gasteiger partial charge is 0.109 e. The molecule has 5 heteroatoms. The second kappa shape index (κ2) is 7.65. The van der Waals surface area contributed by atoms with Crippen molar-refractivity contribution in [3.8, 4) is 0 Å². The van der Waals surface area contributed by atoms with Crippen LogP contribution in [-0.2, 0) is 13.1 Å². The van der Waals surface area contributed by atoms with Gasteiger partial charge in [0.1, 0.15) is 6.67 Å². The van der Waals surface area contributed by atoms with Crippen LogP contribution in [0.3, 0.4) is 0 Å². The lowest BCUT2D eigenvalue weighted by Gasteiger charge is -2.04. The van der Waals surface area contributed by atoms with E-state index in [2.05, 4.69) is 24.3 Å². The molecule has 0 amide bonds.